The smallest absolute Gasteiger partial charge is 0.329 e. The average Bonchev–Trinajstić information content (AvgIpc) is 2.09. The van der Waals surface area contributed by atoms with E-state index >= 15 is 0 Å². The van der Waals surface area contributed by atoms with Crippen LogP contribution in [0, 0.1) is 0 Å². The van der Waals surface area contributed by atoms with Gasteiger partial charge in [-0.25, -0.2) is 13.2 Å². The fourth-order valence-electron chi connectivity index (χ4n) is 1.81. The maximum absolute atomic E-state index is 11.5. The Labute approximate surface area is 100 Å². The van der Waals surface area contributed by atoms with Gasteiger partial charge in [0, 0.05) is 0 Å². The molecule has 6 nitrogen and oxygen atoms in total. The minimum Gasteiger partial charge on any atom is -0.480 e. The summed E-state index contributed by atoms with van der Waals surface area (Å²) < 4.78 is 22.8. The zero-order chi connectivity index (χ0) is 13.1. The van der Waals surface area contributed by atoms with E-state index in [9.17, 15) is 18.0 Å². The molecule has 7 heteroatoms. The number of sulfone groups is 1. The standard InChI is InChI=1S/C10H17NO5S/c1-2-6-17(15,16)7-8(12)11-10(9(13)14)4-3-5-10/h2-7H2,1H3,(H,11,12)(H,13,14). The number of rotatable bonds is 6. The first-order valence-corrected chi connectivity index (χ1v) is 7.38. The molecule has 0 aromatic rings. The summed E-state index contributed by atoms with van der Waals surface area (Å²) in [6.45, 7) is 1.71. The van der Waals surface area contributed by atoms with Gasteiger partial charge >= 0.3 is 5.97 Å². The molecule has 0 aromatic heterocycles. The predicted molar refractivity (Wildman–Crippen MR) is 61.3 cm³/mol. The van der Waals surface area contributed by atoms with Crippen molar-refractivity contribution in [3.05, 3.63) is 0 Å². The largest absolute Gasteiger partial charge is 0.480 e. The van der Waals surface area contributed by atoms with Gasteiger partial charge in [-0.15, -0.1) is 0 Å². The van der Waals surface area contributed by atoms with Gasteiger partial charge in [0.2, 0.25) is 5.91 Å². The van der Waals surface area contributed by atoms with E-state index in [0.29, 0.717) is 19.3 Å². The van der Waals surface area contributed by atoms with Crippen LogP contribution in [0.5, 0.6) is 0 Å². The van der Waals surface area contributed by atoms with E-state index in [-0.39, 0.29) is 5.75 Å². The van der Waals surface area contributed by atoms with E-state index < -0.39 is 33.0 Å². The van der Waals surface area contributed by atoms with Crippen LogP contribution in [0.25, 0.3) is 0 Å². The topological polar surface area (TPSA) is 101 Å². The lowest BCUT2D eigenvalue weighted by atomic mass is 9.77. The van der Waals surface area contributed by atoms with E-state index in [1.165, 1.54) is 0 Å². The number of amides is 1. The summed E-state index contributed by atoms with van der Waals surface area (Å²) >= 11 is 0. The van der Waals surface area contributed by atoms with Crippen LogP contribution in [0.4, 0.5) is 0 Å². The highest BCUT2D eigenvalue weighted by molar-refractivity contribution is 7.92. The molecule has 0 atom stereocenters. The molecule has 1 rings (SSSR count). The third-order valence-electron chi connectivity index (χ3n) is 2.86. The van der Waals surface area contributed by atoms with Gasteiger partial charge in [0.05, 0.1) is 5.75 Å². The summed E-state index contributed by atoms with van der Waals surface area (Å²) in [6, 6.07) is 0. The summed E-state index contributed by atoms with van der Waals surface area (Å²) in [7, 11) is -3.42. The van der Waals surface area contributed by atoms with E-state index in [1.54, 1.807) is 6.92 Å². The maximum Gasteiger partial charge on any atom is 0.329 e. The number of carbonyl (C=O) groups is 2. The van der Waals surface area contributed by atoms with Crippen molar-refractivity contribution in [2.45, 2.75) is 38.1 Å². The molecular formula is C10H17NO5S. The van der Waals surface area contributed by atoms with Crippen molar-refractivity contribution >= 4 is 21.7 Å². The van der Waals surface area contributed by atoms with Gasteiger partial charge in [0.25, 0.3) is 0 Å². The molecule has 0 unspecified atom stereocenters. The van der Waals surface area contributed by atoms with Crippen molar-refractivity contribution in [2.24, 2.45) is 0 Å². The van der Waals surface area contributed by atoms with Crippen molar-refractivity contribution in [3.8, 4) is 0 Å². The highest BCUT2D eigenvalue weighted by Crippen LogP contribution is 2.31. The predicted octanol–water partition coefficient (Wildman–Crippen LogP) is -0.0653. The number of carbonyl (C=O) groups excluding carboxylic acids is 1. The highest BCUT2D eigenvalue weighted by Gasteiger charge is 2.45. The van der Waals surface area contributed by atoms with Crippen LogP contribution >= 0.6 is 0 Å². The first kappa shape index (κ1) is 14.0. The Morgan fingerprint density at radius 3 is 2.29 bits per heavy atom. The van der Waals surface area contributed by atoms with Crippen molar-refractivity contribution in [1.82, 2.24) is 5.32 Å². The molecule has 98 valence electrons. The minimum atomic E-state index is -3.42. The number of nitrogens with one attached hydrogen (secondary N) is 1. The van der Waals surface area contributed by atoms with Crippen molar-refractivity contribution in [2.75, 3.05) is 11.5 Å². The van der Waals surface area contributed by atoms with Gasteiger partial charge in [-0.05, 0) is 25.7 Å². The van der Waals surface area contributed by atoms with E-state index in [2.05, 4.69) is 5.32 Å². The van der Waals surface area contributed by atoms with Crippen LogP contribution in [0.1, 0.15) is 32.6 Å². The Kier molecular flexibility index (Phi) is 4.13. The molecule has 1 amide bonds. The molecule has 0 heterocycles. The quantitative estimate of drug-likeness (QED) is 0.699. The van der Waals surface area contributed by atoms with Crippen molar-refractivity contribution < 1.29 is 23.1 Å². The molecule has 0 saturated heterocycles. The first-order chi connectivity index (χ1) is 7.81. The zero-order valence-electron chi connectivity index (χ0n) is 9.73. The molecule has 0 radical (unpaired) electrons. The van der Waals surface area contributed by atoms with Gasteiger partial charge in [-0.1, -0.05) is 6.92 Å². The third kappa shape index (κ3) is 3.42. The molecule has 0 bridgehead atoms. The molecule has 1 aliphatic rings. The van der Waals surface area contributed by atoms with Crippen LogP contribution in [-0.2, 0) is 19.4 Å². The first-order valence-electron chi connectivity index (χ1n) is 5.56. The lowest BCUT2D eigenvalue weighted by Crippen LogP contribution is -2.60. The van der Waals surface area contributed by atoms with Gasteiger partial charge in [0.15, 0.2) is 9.84 Å². The fraction of sp³-hybridized carbons (Fsp3) is 0.800. The average molecular weight is 263 g/mol. The number of carboxylic acid groups (broad SMARTS) is 1. The molecule has 17 heavy (non-hydrogen) atoms. The van der Waals surface area contributed by atoms with Crippen molar-refractivity contribution in [3.63, 3.8) is 0 Å². The highest BCUT2D eigenvalue weighted by atomic mass is 32.2. The Hall–Kier alpha value is -1.11. The molecule has 1 fully saturated rings. The van der Waals surface area contributed by atoms with Gasteiger partial charge < -0.3 is 10.4 Å². The molecule has 0 aliphatic heterocycles. The lowest BCUT2D eigenvalue weighted by molar-refractivity contribution is -0.151. The Morgan fingerprint density at radius 2 is 1.94 bits per heavy atom. The Balaban J connectivity index is 2.58. The third-order valence-corrected chi connectivity index (χ3v) is 4.59. The van der Waals surface area contributed by atoms with E-state index in [0.717, 1.165) is 6.42 Å². The van der Waals surface area contributed by atoms with Crippen LogP contribution in [0.15, 0.2) is 0 Å². The van der Waals surface area contributed by atoms with Gasteiger partial charge in [0.1, 0.15) is 11.3 Å². The normalized spacial score (nSPS) is 18.2. The molecule has 0 spiro atoms. The second-order valence-electron chi connectivity index (χ2n) is 4.38. The minimum absolute atomic E-state index is 0.0551. The fourth-order valence-corrected chi connectivity index (χ4v) is 3.05. The zero-order valence-corrected chi connectivity index (χ0v) is 10.5. The SMILES string of the molecule is CCCS(=O)(=O)CC(=O)NC1(C(=O)O)CCC1. The van der Waals surface area contributed by atoms with Crippen LogP contribution in [-0.4, -0.2) is 42.4 Å². The van der Waals surface area contributed by atoms with Crippen molar-refractivity contribution in [1.29, 1.82) is 0 Å². The van der Waals surface area contributed by atoms with Gasteiger partial charge in [-0.3, -0.25) is 4.79 Å². The summed E-state index contributed by atoms with van der Waals surface area (Å²) in [5.41, 5.74) is -1.24. The lowest BCUT2D eigenvalue weighted by Gasteiger charge is -2.38. The summed E-state index contributed by atoms with van der Waals surface area (Å²) in [4.78, 5) is 22.5. The molecule has 2 N–H and O–H groups in total. The number of hydrogen-bond donors (Lipinski definition) is 2. The second kappa shape index (κ2) is 5.03. The summed E-state index contributed by atoms with van der Waals surface area (Å²) in [5.74, 6) is -2.50. The van der Waals surface area contributed by atoms with Crippen LogP contribution in [0.2, 0.25) is 0 Å². The number of carboxylic acids is 1. The molecular weight excluding hydrogens is 246 g/mol. The molecule has 1 saturated carbocycles. The Bertz CT molecular complexity index is 410. The number of hydrogen-bond acceptors (Lipinski definition) is 4. The number of aliphatic carboxylic acids is 1. The van der Waals surface area contributed by atoms with Gasteiger partial charge in [-0.2, -0.15) is 0 Å². The van der Waals surface area contributed by atoms with Crippen LogP contribution in [0.3, 0.4) is 0 Å². The monoisotopic (exact) mass is 263 g/mol. The molecule has 0 aromatic carbocycles. The molecule has 1 aliphatic carbocycles. The summed E-state index contributed by atoms with van der Waals surface area (Å²) in [5, 5.41) is 11.3. The van der Waals surface area contributed by atoms with E-state index in [4.69, 9.17) is 5.11 Å². The Morgan fingerprint density at radius 1 is 1.35 bits per heavy atom. The van der Waals surface area contributed by atoms with E-state index in [1.807, 2.05) is 0 Å². The summed E-state index contributed by atoms with van der Waals surface area (Å²) in [6.07, 6.45) is 1.90. The second-order valence-corrected chi connectivity index (χ2v) is 6.57. The maximum atomic E-state index is 11.5. The van der Waals surface area contributed by atoms with Crippen LogP contribution < -0.4 is 5.32 Å².